The molecule has 2 aromatic carbocycles. The topological polar surface area (TPSA) is 244 Å². The average Bonchev–Trinajstić information content (AvgIpc) is 3.89. The maximum atomic E-state index is 15.2. The number of amides is 8. The zero-order valence-corrected chi connectivity index (χ0v) is 48.8. The largest absolute Gasteiger partial charge is 0.450 e. The van der Waals surface area contributed by atoms with Crippen LogP contribution in [0, 0.1) is 29.6 Å². The van der Waals surface area contributed by atoms with E-state index in [4.69, 9.17) is 4.74 Å². The molecule has 2 saturated heterocycles. The third-order valence-corrected chi connectivity index (χ3v) is 15.4. The molecule has 5 N–H and O–H groups in total. The van der Waals surface area contributed by atoms with Gasteiger partial charge in [0.2, 0.25) is 41.4 Å². The lowest BCUT2D eigenvalue weighted by Crippen LogP contribution is -2.63. The van der Waals surface area contributed by atoms with Crippen LogP contribution in [-0.2, 0) is 60.7 Å². The Morgan fingerprint density at radius 3 is 1.63 bits per heavy atom. The zero-order chi connectivity index (χ0) is 58.5. The Hall–Kier alpha value is -6.37. The zero-order valence-electron chi connectivity index (χ0n) is 48.8. The van der Waals surface area contributed by atoms with Crippen molar-refractivity contribution in [2.45, 2.75) is 188 Å². The number of nitrogens with zero attached hydrogens (tertiary/aromatic N) is 4. The van der Waals surface area contributed by atoms with Crippen LogP contribution in [-0.4, -0.2) is 166 Å². The second-order valence-electron chi connectivity index (χ2n) is 23.3. The highest BCUT2D eigenvalue weighted by molar-refractivity contribution is 5.99. The fourth-order valence-electron chi connectivity index (χ4n) is 10.5. The van der Waals surface area contributed by atoms with E-state index >= 15 is 9.59 Å². The van der Waals surface area contributed by atoms with Crippen molar-refractivity contribution in [1.29, 1.82) is 0 Å². The van der Waals surface area contributed by atoms with Gasteiger partial charge in [-0.1, -0.05) is 136 Å². The third kappa shape index (κ3) is 16.3. The summed E-state index contributed by atoms with van der Waals surface area (Å²) in [7, 11) is 4.24. The summed E-state index contributed by atoms with van der Waals surface area (Å²) < 4.78 is 6.00. The van der Waals surface area contributed by atoms with Gasteiger partial charge in [-0.15, -0.1) is 0 Å². The van der Waals surface area contributed by atoms with E-state index in [0.717, 1.165) is 10.5 Å². The molecule has 2 aromatic rings. The number of hydrogen-bond acceptors (Lipinski definition) is 11. The van der Waals surface area contributed by atoms with Crippen molar-refractivity contribution >= 4 is 53.2 Å². The highest BCUT2D eigenvalue weighted by Gasteiger charge is 2.47. The molecule has 19 nitrogen and oxygen atoms in total. The quantitative estimate of drug-likeness (QED) is 0.179. The lowest BCUT2D eigenvalue weighted by molar-refractivity contribution is -0.174. The fraction of sp³-hybridized carbons (Fsp3) is 0.644. The van der Waals surface area contributed by atoms with Gasteiger partial charge in [0.1, 0.15) is 42.3 Å². The van der Waals surface area contributed by atoms with Crippen molar-refractivity contribution < 1.29 is 53.0 Å². The molecule has 2 aliphatic rings. The van der Waals surface area contributed by atoms with Crippen LogP contribution in [0.15, 0.2) is 60.7 Å². The van der Waals surface area contributed by atoms with Crippen LogP contribution in [0.4, 0.5) is 0 Å². The molecule has 0 saturated carbocycles. The Morgan fingerprint density at radius 2 is 1.12 bits per heavy atom. The van der Waals surface area contributed by atoms with Gasteiger partial charge in [0.05, 0.1) is 5.60 Å². The number of esters is 1. The number of hydrogen-bond donors (Lipinski definition) is 5. The van der Waals surface area contributed by atoms with Gasteiger partial charge >= 0.3 is 5.97 Å². The first-order chi connectivity index (χ1) is 36.5. The predicted octanol–water partition coefficient (Wildman–Crippen LogP) is 4.03. The summed E-state index contributed by atoms with van der Waals surface area (Å²) in [5.41, 5.74) is -0.557. The lowest BCUT2D eigenvalue weighted by atomic mass is 9.93. The molecule has 4 rings (SSSR count). The molecule has 2 heterocycles. The van der Waals surface area contributed by atoms with Crippen molar-refractivity contribution in [3.63, 3.8) is 0 Å². The Morgan fingerprint density at radius 1 is 0.590 bits per heavy atom. The summed E-state index contributed by atoms with van der Waals surface area (Å²) in [5.74, 6) is -8.82. The Labute approximate surface area is 462 Å². The second kappa shape index (κ2) is 28.5. The average molecular weight is 1090 g/mol. The highest BCUT2D eigenvalue weighted by Crippen LogP contribution is 2.26. The van der Waals surface area contributed by atoms with Crippen molar-refractivity contribution in [1.82, 2.24) is 40.9 Å². The number of rotatable bonds is 13. The minimum Gasteiger partial charge on any atom is -0.450 e. The Kier molecular flexibility index (Phi) is 23.4. The van der Waals surface area contributed by atoms with Crippen LogP contribution in [0.3, 0.4) is 0 Å². The summed E-state index contributed by atoms with van der Waals surface area (Å²) in [5, 5.41) is 23.1. The van der Waals surface area contributed by atoms with Crippen molar-refractivity contribution in [2.75, 3.05) is 27.7 Å². The van der Waals surface area contributed by atoms with Crippen LogP contribution in [0.5, 0.6) is 0 Å². The summed E-state index contributed by atoms with van der Waals surface area (Å²) in [6.45, 7) is 20.5. The molecular formula is C59H90N8O11. The van der Waals surface area contributed by atoms with Crippen LogP contribution in [0.2, 0.25) is 0 Å². The second-order valence-corrected chi connectivity index (χ2v) is 23.3. The number of benzene rings is 2. The van der Waals surface area contributed by atoms with Crippen LogP contribution in [0.25, 0.3) is 0 Å². The first-order valence-corrected chi connectivity index (χ1v) is 27.9. The van der Waals surface area contributed by atoms with Gasteiger partial charge in [-0.05, 0) is 74.3 Å². The Balaban J connectivity index is 1.95. The third-order valence-electron chi connectivity index (χ3n) is 15.4. The number of carbonyl (C=O) groups is 9. The molecule has 0 aliphatic carbocycles. The van der Waals surface area contributed by atoms with Crippen LogP contribution >= 0.6 is 0 Å². The van der Waals surface area contributed by atoms with Gasteiger partial charge in [0, 0.05) is 46.4 Å². The Bertz CT molecular complexity index is 2390. The molecule has 78 heavy (non-hydrogen) atoms. The molecule has 11 atom stereocenters. The van der Waals surface area contributed by atoms with Gasteiger partial charge in [-0.2, -0.15) is 0 Å². The molecule has 8 amide bonds. The van der Waals surface area contributed by atoms with E-state index in [0.29, 0.717) is 24.8 Å². The van der Waals surface area contributed by atoms with E-state index < -0.39 is 137 Å². The van der Waals surface area contributed by atoms with E-state index in [-0.39, 0.29) is 38.1 Å². The van der Waals surface area contributed by atoms with Gasteiger partial charge in [-0.3, -0.25) is 38.4 Å². The standard InChI is InChI=1S/C59H90N8O11/c1-16-37(9)46-57(75)65(14)47(36(7)8)52(70)61-41(31-34(3)4)55(73)66(15)49(59(11,12)77)58(76)78-48(38(10)17-2)53(71)62-45(35(5)6)51(69)60-42(32-39-25-20-18-21-26-39)54(72)64(13)44(33-40-27-22-19-23-28-40)56(74)67-30-24-29-43(67)50(68)63-46/h18-23,25-28,34-38,41-49,77H,16-17,24,29-33H2,1-15H3,(H,60,69)(H,61,70)(H,62,71)(H,63,68). The van der Waals surface area contributed by atoms with E-state index in [1.807, 2.05) is 57.2 Å². The van der Waals surface area contributed by atoms with E-state index in [1.54, 1.807) is 72.7 Å². The minimum atomic E-state index is -1.97. The van der Waals surface area contributed by atoms with Gasteiger partial charge < -0.3 is 50.7 Å². The van der Waals surface area contributed by atoms with Gasteiger partial charge in [-0.25, -0.2) is 4.79 Å². The molecule has 0 aromatic heterocycles. The van der Waals surface area contributed by atoms with Crippen LogP contribution in [0.1, 0.15) is 126 Å². The predicted molar refractivity (Wildman–Crippen MR) is 297 cm³/mol. The summed E-state index contributed by atoms with van der Waals surface area (Å²) >= 11 is 0. The first-order valence-electron chi connectivity index (χ1n) is 27.9. The minimum absolute atomic E-state index is 0.0104. The van der Waals surface area contributed by atoms with E-state index in [2.05, 4.69) is 21.3 Å². The number of carbonyl (C=O) groups excluding carboxylic acids is 9. The summed E-state index contributed by atoms with van der Waals surface area (Å²) in [4.78, 5) is 138. The number of nitrogens with one attached hydrogen (secondary N) is 4. The smallest absolute Gasteiger partial charge is 0.332 e. The van der Waals surface area contributed by atoms with Crippen molar-refractivity contribution in [3.8, 4) is 0 Å². The SMILES string of the molecule is CCC(C)C1NC(=O)C2CCCN2C(=O)C(Cc2ccccc2)N(C)C(=O)C(Cc2ccccc2)NC(=O)C(C(C)C)NC(=O)C(C(C)CC)OC(=O)C(C(C)(C)O)N(C)C(=O)C(CC(C)C)NC(=O)C(C(C)C)N(C)C1=O. The molecule has 432 valence electrons. The molecular weight excluding hydrogens is 997 g/mol. The summed E-state index contributed by atoms with van der Waals surface area (Å²) in [6.07, 6.45) is 0.0739. The number of fused-ring (bicyclic) bond motifs is 1. The highest BCUT2D eigenvalue weighted by atomic mass is 16.6. The summed E-state index contributed by atoms with van der Waals surface area (Å²) in [6, 6.07) is 8.01. The fourth-order valence-corrected chi connectivity index (χ4v) is 10.5. The molecule has 0 spiro atoms. The van der Waals surface area contributed by atoms with Crippen LogP contribution < -0.4 is 21.3 Å². The van der Waals surface area contributed by atoms with Gasteiger partial charge in [0.25, 0.3) is 5.91 Å². The first kappa shape index (κ1) is 64.2. The number of likely N-dealkylation sites (N-methyl/N-ethyl adjacent to an activating group) is 3. The van der Waals surface area contributed by atoms with Gasteiger partial charge in [0.15, 0.2) is 12.1 Å². The van der Waals surface area contributed by atoms with Crippen molar-refractivity contribution in [2.24, 2.45) is 29.6 Å². The lowest BCUT2D eigenvalue weighted by Gasteiger charge is -2.39. The molecule has 0 radical (unpaired) electrons. The molecule has 0 bridgehead atoms. The number of cyclic esters (lactones) is 1. The monoisotopic (exact) mass is 1090 g/mol. The molecule has 19 heteroatoms. The van der Waals surface area contributed by atoms with Crippen molar-refractivity contribution in [3.05, 3.63) is 71.8 Å². The number of aliphatic hydroxyl groups is 1. The molecule has 2 fully saturated rings. The molecule has 11 unspecified atom stereocenters. The molecule has 2 aliphatic heterocycles. The normalized spacial score (nSPS) is 26.6. The maximum Gasteiger partial charge on any atom is 0.332 e. The maximum absolute atomic E-state index is 15.2. The number of ether oxygens (including phenoxy) is 1. The van der Waals surface area contributed by atoms with E-state index in [1.165, 1.54) is 49.7 Å². The van der Waals surface area contributed by atoms with E-state index in [9.17, 15) is 38.7 Å².